The lowest BCUT2D eigenvalue weighted by Gasteiger charge is -2.14. The van der Waals surface area contributed by atoms with E-state index in [0.29, 0.717) is 45.5 Å². The smallest absolute Gasteiger partial charge is 0.266 e. The molecular formula is C27H24BrClN2O3. The van der Waals surface area contributed by atoms with Crippen LogP contribution in [0.3, 0.4) is 0 Å². The van der Waals surface area contributed by atoms with Crippen molar-refractivity contribution in [2.75, 3.05) is 11.9 Å². The van der Waals surface area contributed by atoms with Crippen LogP contribution in [-0.4, -0.2) is 12.5 Å². The van der Waals surface area contributed by atoms with Crippen molar-refractivity contribution in [3.05, 3.63) is 91.9 Å². The standard InChI is InChI=1S/C27H24BrClN2O3/c1-4-33-25-13-20(23(28)14-26(25)34-16-19-6-8-22(29)9-7-19)12-21(15-30)27(32)31-24-10-5-17(2)11-18(24)3/h5-14H,4,16H2,1-3H3,(H,31,32)/b21-12+. The van der Waals surface area contributed by atoms with E-state index in [-0.39, 0.29) is 5.57 Å². The fourth-order valence-corrected chi connectivity index (χ4v) is 3.79. The van der Waals surface area contributed by atoms with Crippen LogP contribution in [0.5, 0.6) is 11.5 Å². The monoisotopic (exact) mass is 538 g/mol. The minimum Gasteiger partial charge on any atom is -0.490 e. The first-order valence-corrected chi connectivity index (χ1v) is 11.8. The lowest BCUT2D eigenvalue weighted by atomic mass is 10.1. The molecule has 0 aliphatic rings. The Hall–Kier alpha value is -3.27. The average molecular weight is 540 g/mol. The molecule has 0 heterocycles. The average Bonchev–Trinajstić information content (AvgIpc) is 2.81. The Morgan fingerprint density at radius 1 is 1.09 bits per heavy atom. The second-order valence-electron chi connectivity index (χ2n) is 7.61. The van der Waals surface area contributed by atoms with Gasteiger partial charge in [0.2, 0.25) is 0 Å². The Labute approximate surface area is 213 Å². The predicted octanol–water partition coefficient (Wildman–Crippen LogP) is 7.24. The van der Waals surface area contributed by atoms with Crippen molar-refractivity contribution in [3.63, 3.8) is 0 Å². The van der Waals surface area contributed by atoms with Gasteiger partial charge >= 0.3 is 0 Å². The highest BCUT2D eigenvalue weighted by molar-refractivity contribution is 9.10. The van der Waals surface area contributed by atoms with Crippen LogP contribution in [0.25, 0.3) is 6.08 Å². The normalized spacial score (nSPS) is 11.0. The summed E-state index contributed by atoms with van der Waals surface area (Å²) < 4.78 is 12.4. The molecule has 1 N–H and O–H groups in total. The number of anilines is 1. The number of hydrogen-bond donors (Lipinski definition) is 1. The van der Waals surface area contributed by atoms with Crippen molar-refractivity contribution in [2.45, 2.75) is 27.4 Å². The minimum atomic E-state index is -0.484. The number of benzene rings is 3. The van der Waals surface area contributed by atoms with E-state index in [9.17, 15) is 10.1 Å². The molecule has 0 unspecified atom stereocenters. The first kappa shape index (κ1) is 25.4. The summed E-state index contributed by atoms with van der Waals surface area (Å²) in [6, 6.07) is 18.6. The number of carbonyl (C=O) groups excluding carboxylic acids is 1. The maximum atomic E-state index is 12.8. The predicted molar refractivity (Wildman–Crippen MR) is 139 cm³/mol. The van der Waals surface area contributed by atoms with Gasteiger partial charge in [0.15, 0.2) is 11.5 Å². The molecule has 34 heavy (non-hydrogen) atoms. The van der Waals surface area contributed by atoms with Crippen LogP contribution in [0.2, 0.25) is 5.02 Å². The lowest BCUT2D eigenvalue weighted by molar-refractivity contribution is -0.112. The number of ether oxygens (including phenoxy) is 2. The molecule has 0 radical (unpaired) electrons. The van der Waals surface area contributed by atoms with Crippen molar-refractivity contribution >= 4 is 45.2 Å². The highest BCUT2D eigenvalue weighted by Gasteiger charge is 2.15. The lowest BCUT2D eigenvalue weighted by Crippen LogP contribution is -2.14. The molecule has 0 aliphatic heterocycles. The number of nitrogens with zero attached hydrogens (tertiary/aromatic N) is 1. The van der Waals surface area contributed by atoms with Crippen molar-refractivity contribution in [1.29, 1.82) is 5.26 Å². The second-order valence-corrected chi connectivity index (χ2v) is 8.90. The summed E-state index contributed by atoms with van der Waals surface area (Å²) in [5, 5.41) is 13.1. The van der Waals surface area contributed by atoms with Crippen LogP contribution in [-0.2, 0) is 11.4 Å². The number of nitriles is 1. The molecule has 174 valence electrons. The van der Waals surface area contributed by atoms with Gasteiger partial charge in [0.25, 0.3) is 5.91 Å². The van der Waals surface area contributed by atoms with E-state index in [0.717, 1.165) is 16.7 Å². The molecule has 0 aliphatic carbocycles. The quantitative estimate of drug-likeness (QED) is 0.242. The van der Waals surface area contributed by atoms with E-state index >= 15 is 0 Å². The number of halogens is 2. The maximum Gasteiger partial charge on any atom is 0.266 e. The summed E-state index contributed by atoms with van der Waals surface area (Å²) in [6.45, 7) is 6.53. The summed E-state index contributed by atoms with van der Waals surface area (Å²) >= 11 is 9.47. The molecule has 3 aromatic carbocycles. The van der Waals surface area contributed by atoms with E-state index in [1.807, 2.05) is 57.2 Å². The first-order valence-electron chi connectivity index (χ1n) is 10.6. The molecule has 0 bridgehead atoms. The van der Waals surface area contributed by atoms with Gasteiger partial charge in [-0.15, -0.1) is 0 Å². The number of nitrogens with one attached hydrogen (secondary N) is 1. The van der Waals surface area contributed by atoms with Gasteiger partial charge in [0, 0.05) is 15.2 Å². The van der Waals surface area contributed by atoms with E-state index in [2.05, 4.69) is 21.2 Å². The maximum absolute atomic E-state index is 12.8. The van der Waals surface area contributed by atoms with Crippen LogP contribution in [0.15, 0.2) is 64.6 Å². The molecule has 0 atom stereocenters. The molecule has 3 aromatic rings. The van der Waals surface area contributed by atoms with Gasteiger partial charge in [-0.05, 0) is 73.9 Å². The van der Waals surface area contributed by atoms with E-state index < -0.39 is 5.91 Å². The molecule has 7 heteroatoms. The van der Waals surface area contributed by atoms with Gasteiger partial charge in [-0.3, -0.25) is 4.79 Å². The molecule has 1 amide bonds. The number of carbonyl (C=O) groups is 1. The fourth-order valence-electron chi connectivity index (χ4n) is 3.23. The zero-order valence-corrected chi connectivity index (χ0v) is 21.5. The van der Waals surface area contributed by atoms with Gasteiger partial charge in [-0.25, -0.2) is 0 Å². The van der Waals surface area contributed by atoms with Crippen molar-refractivity contribution < 1.29 is 14.3 Å². The van der Waals surface area contributed by atoms with Crippen molar-refractivity contribution in [2.24, 2.45) is 0 Å². The Kier molecular flexibility index (Phi) is 8.75. The Balaban J connectivity index is 1.85. The van der Waals surface area contributed by atoms with Gasteiger partial charge in [0.05, 0.1) is 6.61 Å². The van der Waals surface area contributed by atoms with Gasteiger partial charge in [-0.2, -0.15) is 5.26 Å². The third kappa shape index (κ3) is 6.63. The van der Waals surface area contributed by atoms with Crippen molar-refractivity contribution in [3.8, 4) is 17.6 Å². The number of rotatable bonds is 8. The first-order chi connectivity index (χ1) is 16.3. The molecule has 0 saturated heterocycles. The highest BCUT2D eigenvalue weighted by atomic mass is 79.9. The van der Waals surface area contributed by atoms with E-state index in [1.165, 1.54) is 6.08 Å². The van der Waals surface area contributed by atoms with Gasteiger partial charge in [0.1, 0.15) is 18.2 Å². The molecule has 0 saturated carbocycles. The summed E-state index contributed by atoms with van der Waals surface area (Å²) in [5.41, 5.74) is 4.23. The van der Waals surface area contributed by atoms with Crippen LogP contribution in [0.4, 0.5) is 5.69 Å². The van der Waals surface area contributed by atoms with E-state index in [4.69, 9.17) is 21.1 Å². The zero-order chi connectivity index (χ0) is 24.7. The number of hydrogen-bond acceptors (Lipinski definition) is 4. The Morgan fingerprint density at radius 3 is 2.44 bits per heavy atom. The topological polar surface area (TPSA) is 71.3 Å². The fraction of sp³-hybridized carbons (Fsp3) is 0.185. The van der Waals surface area contributed by atoms with Gasteiger partial charge in [-0.1, -0.05) is 57.4 Å². The van der Waals surface area contributed by atoms with Crippen molar-refractivity contribution in [1.82, 2.24) is 0 Å². The zero-order valence-electron chi connectivity index (χ0n) is 19.1. The summed E-state index contributed by atoms with van der Waals surface area (Å²) in [6.07, 6.45) is 1.52. The van der Waals surface area contributed by atoms with E-state index in [1.54, 1.807) is 24.3 Å². The third-order valence-electron chi connectivity index (χ3n) is 4.97. The molecule has 3 rings (SSSR count). The number of aryl methyl sites for hydroxylation is 2. The Morgan fingerprint density at radius 2 is 1.79 bits per heavy atom. The van der Waals surface area contributed by atoms with Gasteiger partial charge < -0.3 is 14.8 Å². The largest absolute Gasteiger partial charge is 0.490 e. The highest BCUT2D eigenvalue weighted by Crippen LogP contribution is 2.35. The van der Waals surface area contributed by atoms with Crippen LogP contribution in [0, 0.1) is 25.2 Å². The Bertz CT molecular complexity index is 1260. The third-order valence-corrected chi connectivity index (χ3v) is 5.90. The second kappa shape index (κ2) is 11.7. The molecule has 5 nitrogen and oxygen atoms in total. The van der Waals surface area contributed by atoms with Crippen LogP contribution >= 0.6 is 27.5 Å². The summed E-state index contributed by atoms with van der Waals surface area (Å²) in [5.74, 6) is 0.569. The molecule has 0 aromatic heterocycles. The molecule has 0 spiro atoms. The SMILES string of the molecule is CCOc1cc(/C=C(\C#N)C(=O)Nc2ccc(C)cc2C)c(Br)cc1OCc1ccc(Cl)cc1. The molecule has 0 fully saturated rings. The van der Waals surface area contributed by atoms with Crippen LogP contribution in [0.1, 0.15) is 29.2 Å². The molecular weight excluding hydrogens is 516 g/mol. The summed E-state index contributed by atoms with van der Waals surface area (Å²) in [7, 11) is 0. The number of amides is 1. The van der Waals surface area contributed by atoms with Crippen LogP contribution < -0.4 is 14.8 Å². The summed E-state index contributed by atoms with van der Waals surface area (Å²) in [4.78, 5) is 12.8. The minimum absolute atomic E-state index is 0.0297.